The van der Waals surface area contributed by atoms with Crippen LogP contribution in [0.4, 0.5) is 0 Å². The predicted octanol–water partition coefficient (Wildman–Crippen LogP) is 1.34. The maximum atomic E-state index is 12.0. The SMILES string of the molecule is CCOC(=O)CCC(=O)N(CCO)C(CC)CC. The van der Waals surface area contributed by atoms with E-state index in [-0.39, 0.29) is 37.4 Å². The number of aliphatic hydroxyl groups is 1. The first kappa shape index (κ1) is 16.9. The summed E-state index contributed by atoms with van der Waals surface area (Å²) in [6.07, 6.45) is 1.95. The Morgan fingerprint density at radius 1 is 1.17 bits per heavy atom. The minimum atomic E-state index is -0.348. The van der Waals surface area contributed by atoms with Gasteiger partial charge in [0.25, 0.3) is 0 Å². The van der Waals surface area contributed by atoms with Gasteiger partial charge in [0, 0.05) is 19.0 Å². The lowest BCUT2D eigenvalue weighted by Gasteiger charge is -2.30. The third-order valence-electron chi connectivity index (χ3n) is 2.89. The molecule has 0 aliphatic carbocycles. The van der Waals surface area contributed by atoms with Gasteiger partial charge in [-0.05, 0) is 19.8 Å². The standard InChI is InChI=1S/C13H25NO4/c1-4-11(5-2)14(9-10-15)12(16)7-8-13(17)18-6-3/h11,15H,4-10H2,1-3H3. The molecule has 0 rings (SSSR count). The van der Waals surface area contributed by atoms with Crippen LogP contribution in [0, 0.1) is 0 Å². The monoisotopic (exact) mass is 259 g/mol. The lowest BCUT2D eigenvalue weighted by molar-refractivity contribution is -0.146. The molecule has 1 amide bonds. The fourth-order valence-electron chi connectivity index (χ4n) is 1.93. The highest BCUT2D eigenvalue weighted by molar-refractivity contribution is 5.81. The Morgan fingerprint density at radius 2 is 1.78 bits per heavy atom. The van der Waals surface area contributed by atoms with Crippen LogP contribution < -0.4 is 0 Å². The van der Waals surface area contributed by atoms with Crippen molar-refractivity contribution in [1.29, 1.82) is 0 Å². The molecule has 0 radical (unpaired) electrons. The summed E-state index contributed by atoms with van der Waals surface area (Å²) in [6.45, 7) is 6.37. The first-order valence-electron chi connectivity index (χ1n) is 6.66. The molecule has 0 saturated carbocycles. The molecule has 0 spiro atoms. The van der Waals surface area contributed by atoms with E-state index in [0.717, 1.165) is 12.8 Å². The summed E-state index contributed by atoms with van der Waals surface area (Å²) in [5.74, 6) is -0.440. The topological polar surface area (TPSA) is 66.8 Å². The van der Waals surface area contributed by atoms with Gasteiger partial charge in [-0.3, -0.25) is 9.59 Å². The predicted molar refractivity (Wildman–Crippen MR) is 69.0 cm³/mol. The van der Waals surface area contributed by atoms with Gasteiger partial charge in [0.2, 0.25) is 5.91 Å². The first-order chi connectivity index (χ1) is 8.60. The van der Waals surface area contributed by atoms with Crippen LogP contribution in [0.1, 0.15) is 46.5 Å². The van der Waals surface area contributed by atoms with Gasteiger partial charge in [-0.25, -0.2) is 0 Å². The summed E-state index contributed by atoms with van der Waals surface area (Å²) in [5, 5.41) is 9.00. The summed E-state index contributed by atoms with van der Waals surface area (Å²) in [5.41, 5.74) is 0. The van der Waals surface area contributed by atoms with Crippen molar-refractivity contribution >= 4 is 11.9 Å². The molecule has 18 heavy (non-hydrogen) atoms. The third-order valence-corrected chi connectivity index (χ3v) is 2.89. The van der Waals surface area contributed by atoms with Crippen molar-refractivity contribution in [3.63, 3.8) is 0 Å². The van der Waals surface area contributed by atoms with Crippen LogP contribution in [0.5, 0.6) is 0 Å². The Balaban J connectivity index is 4.33. The van der Waals surface area contributed by atoms with E-state index in [4.69, 9.17) is 9.84 Å². The summed E-state index contributed by atoms with van der Waals surface area (Å²) in [7, 11) is 0. The number of nitrogens with zero attached hydrogens (tertiary/aromatic N) is 1. The van der Waals surface area contributed by atoms with Crippen LogP contribution in [-0.2, 0) is 14.3 Å². The molecule has 0 atom stereocenters. The van der Waals surface area contributed by atoms with Crippen molar-refractivity contribution in [2.24, 2.45) is 0 Å². The summed E-state index contributed by atoms with van der Waals surface area (Å²) < 4.78 is 4.79. The Labute approximate surface area is 109 Å². The minimum Gasteiger partial charge on any atom is -0.466 e. The minimum absolute atomic E-state index is 0.0539. The molecule has 0 aliphatic heterocycles. The highest BCUT2D eigenvalue weighted by Crippen LogP contribution is 2.11. The zero-order valence-corrected chi connectivity index (χ0v) is 11.6. The molecule has 0 aromatic rings. The lowest BCUT2D eigenvalue weighted by atomic mass is 10.1. The Hall–Kier alpha value is -1.10. The second-order valence-corrected chi connectivity index (χ2v) is 4.09. The van der Waals surface area contributed by atoms with Gasteiger partial charge in [-0.2, -0.15) is 0 Å². The van der Waals surface area contributed by atoms with Crippen molar-refractivity contribution in [1.82, 2.24) is 4.90 Å². The average Bonchev–Trinajstić information content (AvgIpc) is 2.36. The molecule has 5 nitrogen and oxygen atoms in total. The average molecular weight is 259 g/mol. The normalized spacial score (nSPS) is 10.5. The second kappa shape index (κ2) is 9.88. The van der Waals surface area contributed by atoms with Crippen LogP contribution in [0.2, 0.25) is 0 Å². The van der Waals surface area contributed by atoms with Crippen molar-refractivity contribution < 1.29 is 19.4 Å². The lowest BCUT2D eigenvalue weighted by Crippen LogP contribution is -2.41. The number of amides is 1. The zero-order valence-electron chi connectivity index (χ0n) is 11.6. The van der Waals surface area contributed by atoms with Crippen molar-refractivity contribution in [2.75, 3.05) is 19.8 Å². The van der Waals surface area contributed by atoms with Gasteiger partial charge in [0.1, 0.15) is 0 Å². The molecule has 0 fully saturated rings. The highest BCUT2D eigenvalue weighted by Gasteiger charge is 2.21. The van der Waals surface area contributed by atoms with E-state index in [1.165, 1.54) is 0 Å². The quantitative estimate of drug-likeness (QED) is 0.634. The van der Waals surface area contributed by atoms with Crippen LogP contribution in [0.3, 0.4) is 0 Å². The fraction of sp³-hybridized carbons (Fsp3) is 0.846. The van der Waals surface area contributed by atoms with E-state index in [1.54, 1.807) is 11.8 Å². The fourth-order valence-corrected chi connectivity index (χ4v) is 1.93. The van der Waals surface area contributed by atoms with Gasteiger partial charge in [-0.1, -0.05) is 13.8 Å². The molecule has 0 heterocycles. The highest BCUT2D eigenvalue weighted by atomic mass is 16.5. The first-order valence-corrected chi connectivity index (χ1v) is 6.66. The van der Waals surface area contributed by atoms with Gasteiger partial charge in [0.05, 0.1) is 19.6 Å². The van der Waals surface area contributed by atoms with Gasteiger partial charge >= 0.3 is 5.97 Å². The third kappa shape index (κ3) is 6.00. The van der Waals surface area contributed by atoms with E-state index < -0.39 is 0 Å². The maximum Gasteiger partial charge on any atom is 0.306 e. The number of rotatable bonds is 9. The van der Waals surface area contributed by atoms with Crippen LogP contribution in [0.25, 0.3) is 0 Å². The number of aliphatic hydroxyl groups excluding tert-OH is 1. The molecule has 106 valence electrons. The number of carbonyl (C=O) groups is 2. The molecular weight excluding hydrogens is 234 g/mol. The van der Waals surface area contributed by atoms with Gasteiger partial charge < -0.3 is 14.7 Å². The van der Waals surface area contributed by atoms with Crippen molar-refractivity contribution in [3.05, 3.63) is 0 Å². The molecule has 0 unspecified atom stereocenters. The Morgan fingerprint density at radius 3 is 2.22 bits per heavy atom. The molecule has 0 aromatic heterocycles. The van der Waals surface area contributed by atoms with E-state index in [0.29, 0.717) is 13.2 Å². The Bertz CT molecular complexity index is 251. The number of hydrogen-bond acceptors (Lipinski definition) is 4. The molecule has 1 N–H and O–H groups in total. The van der Waals surface area contributed by atoms with E-state index in [1.807, 2.05) is 13.8 Å². The molecule has 0 aliphatic rings. The largest absolute Gasteiger partial charge is 0.466 e. The molecule has 5 heteroatoms. The Kier molecular flexibility index (Phi) is 9.28. The number of ether oxygens (including phenoxy) is 1. The van der Waals surface area contributed by atoms with Crippen molar-refractivity contribution in [3.8, 4) is 0 Å². The van der Waals surface area contributed by atoms with Crippen LogP contribution in [-0.4, -0.2) is 47.7 Å². The van der Waals surface area contributed by atoms with E-state index >= 15 is 0 Å². The second-order valence-electron chi connectivity index (χ2n) is 4.09. The molecular formula is C13H25NO4. The molecule has 0 aromatic carbocycles. The van der Waals surface area contributed by atoms with Crippen LogP contribution in [0.15, 0.2) is 0 Å². The summed E-state index contributed by atoms with van der Waals surface area (Å²) >= 11 is 0. The van der Waals surface area contributed by atoms with E-state index in [9.17, 15) is 9.59 Å². The number of carbonyl (C=O) groups excluding carboxylic acids is 2. The van der Waals surface area contributed by atoms with Gasteiger partial charge in [0.15, 0.2) is 0 Å². The van der Waals surface area contributed by atoms with Crippen LogP contribution >= 0.6 is 0 Å². The van der Waals surface area contributed by atoms with Crippen molar-refractivity contribution in [2.45, 2.75) is 52.5 Å². The summed E-state index contributed by atoms with van der Waals surface area (Å²) in [4.78, 5) is 24.9. The zero-order chi connectivity index (χ0) is 14.0. The smallest absolute Gasteiger partial charge is 0.306 e. The number of hydrogen-bond donors (Lipinski definition) is 1. The molecule has 0 bridgehead atoms. The molecule has 0 saturated heterocycles. The summed E-state index contributed by atoms with van der Waals surface area (Å²) in [6, 6.07) is 0.131. The maximum absolute atomic E-state index is 12.0. The number of esters is 1. The van der Waals surface area contributed by atoms with E-state index in [2.05, 4.69) is 0 Å². The van der Waals surface area contributed by atoms with Gasteiger partial charge in [-0.15, -0.1) is 0 Å².